The number of carbonyl (C=O) groups excluding carboxylic acids is 1. The van der Waals surface area contributed by atoms with E-state index in [1.165, 1.54) is 5.56 Å². The second kappa shape index (κ2) is 6.94. The van der Waals surface area contributed by atoms with Crippen molar-refractivity contribution in [2.24, 2.45) is 0 Å². The van der Waals surface area contributed by atoms with Crippen molar-refractivity contribution in [1.29, 1.82) is 0 Å². The van der Waals surface area contributed by atoms with Crippen LogP contribution in [0.2, 0.25) is 0 Å². The van der Waals surface area contributed by atoms with E-state index in [0.29, 0.717) is 25.3 Å². The van der Waals surface area contributed by atoms with Gasteiger partial charge in [0.2, 0.25) is 0 Å². The fourth-order valence-corrected chi connectivity index (χ4v) is 3.73. The van der Waals surface area contributed by atoms with Gasteiger partial charge in [-0.3, -0.25) is 9.48 Å². The molecule has 1 N–H and O–H groups in total. The molecule has 0 aliphatic heterocycles. The van der Waals surface area contributed by atoms with Crippen LogP contribution in [0.3, 0.4) is 0 Å². The van der Waals surface area contributed by atoms with Gasteiger partial charge in [0.05, 0.1) is 16.8 Å². The molecule has 0 aliphatic carbocycles. The van der Waals surface area contributed by atoms with Crippen molar-refractivity contribution < 1.29 is 4.79 Å². The van der Waals surface area contributed by atoms with E-state index in [9.17, 15) is 4.79 Å². The molecule has 25 heavy (non-hydrogen) atoms. The predicted molar refractivity (Wildman–Crippen MR) is 99.9 cm³/mol. The lowest BCUT2D eigenvalue weighted by atomic mass is 10.2. The Morgan fingerprint density at radius 3 is 2.84 bits per heavy atom. The molecule has 0 atom stereocenters. The lowest BCUT2D eigenvalue weighted by molar-refractivity contribution is 0.0943. The van der Waals surface area contributed by atoms with Crippen LogP contribution in [0.25, 0.3) is 10.2 Å². The second-order valence-corrected chi connectivity index (χ2v) is 6.74. The summed E-state index contributed by atoms with van der Waals surface area (Å²) >= 11 is 1.66. The van der Waals surface area contributed by atoms with Gasteiger partial charge in [-0.1, -0.05) is 30.3 Å². The lowest BCUT2D eigenvalue weighted by Gasteiger charge is -2.11. The summed E-state index contributed by atoms with van der Waals surface area (Å²) in [6, 6.07) is 16.1. The summed E-state index contributed by atoms with van der Waals surface area (Å²) in [6.07, 6.45) is 3.63. The molecule has 1 aromatic carbocycles. The van der Waals surface area contributed by atoms with Gasteiger partial charge in [0, 0.05) is 25.5 Å². The number of nitrogens with one attached hydrogen (secondary N) is 1. The molecule has 0 radical (unpaired) electrons. The first-order valence-electron chi connectivity index (χ1n) is 8.17. The van der Waals surface area contributed by atoms with Gasteiger partial charge in [-0.15, -0.1) is 11.3 Å². The highest BCUT2D eigenvalue weighted by Gasteiger charge is 2.16. The van der Waals surface area contributed by atoms with E-state index in [0.717, 1.165) is 10.2 Å². The minimum Gasteiger partial charge on any atom is -0.349 e. The molecule has 0 spiro atoms. The molecule has 0 unspecified atom stereocenters. The Morgan fingerprint density at radius 1 is 1.16 bits per heavy atom. The van der Waals surface area contributed by atoms with Crippen LogP contribution in [0.15, 0.2) is 66.3 Å². The maximum absolute atomic E-state index is 12.7. The van der Waals surface area contributed by atoms with Crippen LogP contribution in [0.5, 0.6) is 0 Å². The molecule has 3 heterocycles. The molecule has 0 saturated carbocycles. The van der Waals surface area contributed by atoms with E-state index < -0.39 is 0 Å². The minimum atomic E-state index is -0.0495. The third kappa shape index (κ3) is 3.34. The van der Waals surface area contributed by atoms with Crippen molar-refractivity contribution in [2.45, 2.75) is 13.1 Å². The Kier molecular flexibility index (Phi) is 4.35. The van der Waals surface area contributed by atoms with Gasteiger partial charge in [0.1, 0.15) is 5.69 Å². The van der Waals surface area contributed by atoms with Gasteiger partial charge in [0.25, 0.3) is 5.91 Å². The van der Waals surface area contributed by atoms with Gasteiger partial charge in [0.15, 0.2) is 0 Å². The average Bonchev–Trinajstić information content (AvgIpc) is 3.35. The maximum atomic E-state index is 12.7. The van der Waals surface area contributed by atoms with Crippen LogP contribution < -0.4 is 5.32 Å². The molecule has 1 amide bonds. The zero-order valence-electron chi connectivity index (χ0n) is 13.6. The SMILES string of the molecule is O=C(NCCn1cccn1)c1cc2sccc2n1Cc1ccccc1. The van der Waals surface area contributed by atoms with Gasteiger partial charge >= 0.3 is 0 Å². The number of carbonyl (C=O) groups is 1. The third-order valence-corrected chi connectivity index (χ3v) is 4.98. The fourth-order valence-electron chi connectivity index (χ4n) is 2.91. The topological polar surface area (TPSA) is 51.9 Å². The van der Waals surface area contributed by atoms with E-state index in [4.69, 9.17) is 0 Å². The molecule has 126 valence electrons. The van der Waals surface area contributed by atoms with Crippen molar-refractivity contribution in [2.75, 3.05) is 6.54 Å². The Morgan fingerprint density at radius 2 is 2.04 bits per heavy atom. The highest BCUT2D eigenvalue weighted by Crippen LogP contribution is 2.26. The summed E-state index contributed by atoms with van der Waals surface area (Å²) in [5, 5.41) is 9.21. The normalized spacial score (nSPS) is 11.0. The largest absolute Gasteiger partial charge is 0.349 e. The summed E-state index contributed by atoms with van der Waals surface area (Å²) in [7, 11) is 0. The first-order chi connectivity index (χ1) is 12.3. The molecule has 0 fully saturated rings. The first kappa shape index (κ1) is 15.7. The lowest BCUT2D eigenvalue weighted by Crippen LogP contribution is -2.29. The Hall–Kier alpha value is -2.86. The molecule has 6 heteroatoms. The van der Waals surface area contributed by atoms with Crippen LogP contribution in [0.4, 0.5) is 0 Å². The minimum absolute atomic E-state index is 0.0495. The summed E-state index contributed by atoms with van der Waals surface area (Å²) in [4.78, 5) is 12.7. The fraction of sp³-hybridized carbons (Fsp3) is 0.158. The highest BCUT2D eigenvalue weighted by atomic mass is 32.1. The number of rotatable bonds is 6. The zero-order valence-corrected chi connectivity index (χ0v) is 14.4. The maximum Gasteiger partial charge on any atom is 0.268 e. The number of amides is 1. The Labute approximate surface area is 149 Å². The van der Waals surface area contributed by atoms with E-state index in [1.807, 2.05) is 41.2 Å². The number of hydrogen-bond acceptors (Lipinski definition) is 3. The standard InChI is InChI=1S/C19H18N4OS/c24-19(20-9-11-22-10-4-8-21-22)17-13-18-16(7-12-25-18)23(17)14-15-5-2-1-3-6-15/h1-8,10,12-13H,9,11,14H2,(H,20,24). The van der Waals surface area contributed by atoms with E-state index in [1.54, 1.807) is 17.5 Å². The molecule has 5 nitrogen and oxygen atoms in total. The van der Waals surface area contributed by atoms with Crippen LogP contribution in [0, 0.1) is 0 Å². The summed E-state index contributed by atoms with van der Waals surface area (Å²) in [5.41, 5.74) is 2.98. The van der Waals surface area contributed by atoms with Crippen LogP contribution in [-0.2, 0) is 13.1 Å². The molecular formula is C19H18N4OS. The quantitative estimate of drug-likeness (QED) is 0.580. The molecule has 4 rings (SSSR count). The van der Waals surface area contributed by atoms with E-state index >= 15 is 0 Å². The molecule has 0 saturated heterocycles. The van der Waals surface area contributed by atoms with Gasteiger partial charge < -0.3 is 9.88 Å². The summed E-state index contributed by atoms with van der Waals surface area (Å²) in [6.45, 7) is 1.89. The molecule has 4 aromatic rings. The average molecular weight is 350 g/mol. The molecule has 3 aromatic heterocycles. The van der Waals surface area contributed by atoms with Crippen LogP contribution in [-0.4, -0.2) is 26.8 Å². The first-order valence-corrected chi connectivity index (χ1v) is 9.05. The van der Waals surface area contributed by atoms with Crippen molar-refractivity contribution in [3.63, 3.8) is 0 Å². The number of aromatic nitrogens is 3. The van der Waals surface area contributed by atoms with Gasteiger partial charge in [-0.2, -0.15) is 5.10 Å². The predicted octanol–water partition coefficient (Wildman–Crippen LogP) is 3.38. The Bertz CT molecular complexity index is 970. The number of hydrogen-bond donors (Lipinski definition) is 1. The number of thiophene rings is 1. The number of benzene rings is 1. The van der Waals surface area contributed by atoms with Gasteiger partial charge in [-0.25, -0.2) is 0 Å². The summed E-state index contributed by atoms with van der Waals surface area (Å²) in [5.74, 6) is -0.0495. The van der Waals surface area contributed by atoms with Gasteiger partial charge in [-0.05, 0) is 29.1 Å². The smallest absolute Gasteiger partial charge is 0.268 e. The Balaban J connectivity index is 1.54. The highest BCUT2D eigenvalue weighted by molar-refractivity contribution is 7.17. The zero-order chi connectivity index (χ0) is 17.1. The summed E-state index contributed by atoms with van der Waals surface area (Å²) < 4.78 is 5.03. The van der Waals surface area contributed by atoms with Crippen LogP contribution in [0.1, 0.15) is 16.1 Å². The number of nitrogens with zero attached hydrogens (tertiary/aromatic N) is 3. The molecular weight excluding hydrogens is 332 g/mol. The van der Waals surface area contributed by atoms with Crippen molar-refractivity contribution in [1.82, 2.24) is 19.7 Å². The number of fused-ring (bicyclic) bond motifs is 1. The van der Waals surface area contributed by atoms with Crippen LogP contribution >= 0.6 is 11.3 Å². The molecule has 0 bridgehead atoms. The molecule has 0 aliphatic rings. The van der Waals surface area contributed by atoms with Crippen molar-refractivity contribution in [3.8, 4) is 0 Å². The van der Waals surface area contributed by atoms with Crippen molar-refractivity contribution >= 4 is 27.5 Å². The van der Waals surface area contributed by atoms with Crippen molar-refractivity contribution in [3.05, 3.63) is 77.6 Å². The monoisotopic (exact) mass is 350 g/mol. The second-order valence-electron chi connectivity index (χ2n) is 5.80. The van der Waals surface area contributed by atoms with E-state index in [2.05, 4.69) is 38.6 Å². The third-order valence-electron chi connectivity index (χ3n) is 4.12. The van der Waals surface area contributed by atoms with E-state index in [-0.39, 0.29) is 5.91 Å².